The lowest BCUT2D eigenvalue weighted by Crippen LogP contribution is -2.41. The minimum Gasteiger partial charge on any atom is -0.441 e. The van der Waals surface area contributed by atoms with Crippen LogP contribution in [0.25, 0.3) is 0 Å². The number of carbonyl (C=O) groups excluding carboxylic acids is 1. The Labute approximate surface area is 160 Å². The molecule has 148 valence electrons. The number of nitrogens with zero attached hydrogens (tertiary/aromatic N) is 1. The van der Waals surface area contributed by atoms with Gasteiger partial charge in [-0.3, -0.25) is 4.90 Å². The second-order valence-electron chi connectivity index (χ2n) is 7.99. The fraction of sp³-hybridized carbons (Fsp3) is 0.632. The van der Waals surface area contributed by atoms with Gasteiger partial charge < -0.3 is 18.8 Å². The van der Waals surface area contributed by atoms with E-state index in [1.165, 1.54) is 11.0 Å². The number of cyclic esters (lactones) is 1. The summed E-state index contributed by atoms with van der Waals surface area (Å²) in [6.45, 7) is 11.0. The van der Waals surface area contributed by atoms with Gasteiger partial charge in [0.15, 0.2) is 0 Å². The molecule has 2 saturated heterocycles. The summed E-state index contributed by atoms with van der Waals surface area (Å²) >= 11 is 0. The molecule has 0 aromatic heterocycles. The van der Waals surface area contributed by atoms with E-state index in [0.717, 1.165) is 6.42 Å². The summed E-state index contributed by atoms with van der Waals surface area (Å²) in [5, 5.41) is 0. The first-order chi connectivity index (χ1) is 12.6. The number of halogens is 1. The zero-order valence-corrected chi connectivity index (χ0v) is 16.6. The molecule has 2 fully saturated rings. The quantitative estimate of drug-likeness (QED) is 0.562. The summed E-state index contributed by atoms with van der Waals surface area (Å²) in [5.74, 6) is -0.482. The lowest BCUT2D eigenvalue weighted by atomic mass is 9.78. The van der Waals surface area contributed by atoms with Gasteiger partial charge in [0, 0.05) is 12.1 Å². The van der Waals surface area contributed by atoms with Crippen LogP contribution in [0.1, 0.15) is 41.0 Å². The molecule has 1 amide bonds. The molecule has 2 aliphatic heterocycles. The fourth-order valence-corrected chi connectivity index (χ4v) is 3.02. The van der Waals surface area contributed by atoms with Crippen LogP contribution in [0.4, 0.5) is 14.9 Å². The summed E-state index contributed by atoms with van der Waals surface area (Å²) < 4.78 is 37.3. The summed E-state index contributed by atoms with van der Waals surface area (Å²) in [7, 11) is -0.787. The monoisotopic (exact) mass is 379 g/mol. The van der Waals surface area contributed by atoms with Crippen molar-refractivity contribution in [1.82, 2.24) is 0 Å². The Morgan fingerprint density at radius 1 is 1.26 bits per heavy atom. The van der Waals surface area contributed by atoms with Gasteiger partial charge in [-0.15, -0.1) is 0 Å². The molecular formula is C19H27BFNO5. The maximum absolute atomic E-state index is 14.8. The Balaban J connectivity index is 1.71. The molecule has 0 N–H and O–H groups in total. The van der Waals surface area contributed by atoms with E-state index in [9.17, 15) is 9.18 Å². The Hall–Kier alpha value is -1.64. The Kier molecular flexibility index (Phi) is 5.52. The number of amides is 1. The van der Waals surface area contributed by atoms with E-state index in [-0.39, 0.29) is 6.10 Å². The number of rotatable bonds is 6. The van der Waals surface area contributed by atoms with E-state index in [1.807, 2.05) is 34.6 Å². The van der Waals surface area contributed by atoms with Gasteiger partial charge in [-0.1, -0.05) is 13.0 Å². The number of carbonyl (C=O) groups is 1. The van der Waals surface area contributed by atoms with Crippen LogP contribution < -0.4 is 10.4 Å². The molecule has 3 rings (SSSR count). The van der Waals surface area contributed by atoms with Crippen LogP contribution in [-0.2, 0) is 18.8 Å². The zero-order chi connectivity index (χ0) is 19.8. The molecular weight excluding hydrogens is 352 g/mol. The van der Waals surface area contributed by atoms with Gasteiger partial charge in [-0.2, -0.15) is 0 Å². The normalized spacial score (nSPS) is 23.8. The molecule has 0 bridgehead atoms. The van der Waals surface area contributed by atoms with Gasteiger partial charge in [-0.05, 0) is 46.2 Å². The maximum Gasteiger partial charge on any atom is 0.497 e. The standard InChI is InChI=1S/C19H27BFNO5/c1-6-9-24-12-14-11-22(17(23)25-14)13-7-8-15(16(21)10-13)20-26-18(2,3)19(4,5)27-20/h7-8,10,14H,6,9,11-12H2,1-5H3. The van der Waals surface area contributed by atoms with Gasteiger partial charge >= 0.3 is 13.2 Å². The highest BCUT2D eigenvalue weighted by atomic mass is 19.1. The lowest BCUT2D eigenvalue weighted by molar-refractivity contribution is 0.00578. The van der Waals surface area contributed by atoms with Crippen LogP contribution in [0, 0.1) is 5.82 Å². The van der Waals surface area contributed by atoms with E-state index < -0.39 is 30.2 Å². The van der Waals surface area contributed by atoms with Crippen LogP contribution >= 0.6 is 0 Å². The van der Waals surface area contributed by atoms with E-state index in [4.69, 9.17) is 18.8 Å². The molecule has 0 radical (unpaired) electrons. The van der Waals surface area contributed by atoms with Crippen LogP contribution in [0.3, 0.4) is 0 Å². The van der Waals surface area contributed by atoms with Crippen molar-refractivity contribution in [2.75, 3.05) is 24.7 Å². The van der Waals surface area contributed by atoms with Gasteiger partial charge in [-0.25, -0.2) is 9.18 Å². The average Bonchev–Trinajstić information content (AvgIpc) is 3.04. The van der Waals surface area contributed by atoms with Crippen molar-refractivity contribution >= 4 is 24.4 Å². The predicted molar refractivity (Wildman–Crippen MR) is 101 cm³/mol. The van der Waals surface area contributed by atoms with Crippen molar-refractivity contribution in [3.8, 4) is 0 Å². The van der Waals surface area contributed by atoms with Crippen molar-refractivity contribution in [3.63, 3.8) is 0 Å². The third-order valence-corrected chi connectivity index (χ3v) is 5.33. The van der Waals surface area contributed by atoms with E-state index in [0.29, 0.717) is 30.9 Å². The molecule has 1 aromatic carbocycles. The van der Waals surface area contributed by atoms with Crippen molar-refractivity contribution in [1.29, 1.82) is 0 Å². The molecule has 2 aliphatic rings. The minimum absolute atomic E-state index is 0.313. The summed E-state index contributed by atoms with van der Waals surface area (Å²) in [6, 6.07) is 4.60. The SMILES string of the molecule is CCCOCC1CN(c2ccc(B3OC(C)(C)C(C)(C)O3)c(F)c2)C(=O)O1. The van der Waals surface area contributed by atoms with Gasteiger partial charge in [0.05, 0.1) is 30.0 Å². The molecule has 0 spiro atoms. The Morgan fingerprint density at radius 2 is 1.93 bits per heavy atom. The van der Waals surface area contributed by atoms with Crippen molar-refractivity contribution in [2.24, 2.45) is 0 Å². The fourth-order valence-electron chi connectivity index (χ4n) is 3.02. The third-order valence-electron chi connectivity index (χ3n) is 5.33. The summed E-state index contributed by atoms with van der Waals surface area (Å²) in [5.41, 5.74) is -0.343. The zero-order valence-electron chi connectivity index (χ0n) is 16.6. The van der Waals surface area contributed by atoms with E-state index in [2.05, 4.69) is 0 Å². The molecule has 2 heterocycles. The van der Waals surface area contributed by atoms with E-state index in [1.54, 1.807) is 12.1 Å². The number of anilines is 1. The molecule has 27 heavy (non-hydrogen) atoms. The van der Waals surface area contributed by atoms with Crippen LogP contribution in [0.2, 0.25) is 0 Å². The van der Waals surface area contributed by atoms with Crippen molar-refractivity contribution < 1.29 is 28.0 Å². The molecule has 1 atom stereocenters. The highest BCUT2D eigenvalue weighted by Crippen LogP contribution is 2.36. The molecule has 0 saturated carbocycles. The second kappa shape index (κ2) is 7.41. The molecule has 0 aliphatic carbocycles. The van der Waals surface area contributed by atoms with Crippen molar-refractivity contribution in [3.05, 3.63) is 24.0 Å². The topological polar surface area (TPSA) is 57.2 Å². The Morgan fingerprint density at radius 3 is 2.52 bits per heavy atom. The number of benzene rings is 1. The van der Waals surface area contributed by atoms with Crippen molar-refractivity contribution in [2.45, 2.75) is 58.3 Å². The van der Waals surface area contributed by atoms with Gasteiger partial charge in [0.25, 0.3) is 0 Å². The highest BCUT2D eigenvalue weighted by Gasteiger charge is 2.52. The average molecular weight is 379 g/mol. The maximum atomic E-state index is 14.8. The van der Waals surface area contributed by atoms with Crippen LogP contribution in [0.5, 0.6) is 0 Å². The molecule has 1 aromatic rings. The predicted octanol–water partition coefficient (Wildman–Crippen LogP) is 2.88. The second-order valence-corrected chi connectivity index (χ2v) is 7.99. The molecule has 6 nitrogen and oxygen atoms in total. The first kappa shape index (κ1) is 20.1. The number of ether oxygens (including phenoxy) is 2. The largest absolute Gasteiger partial charge is 0.497 e. The van der Waals surface area contributed by atoms with E-state index >= 15 is 0 Å². The lowest BCUT2D eigenvalue weighted by Gasteiger charge is -2.32. The number of hydrogen-bond acceptors (Lipinski definition) is 5. The highest BCUT2D eigenvalue weighted by molar-refractivity contribution is 6.62. The first-order valence-electron chi connectivity index (χ1n) is 9.35. The minimum atomic E-state index is -0.787. The van der Waals surface area contributed by atoms with Crippen LogP contribution in [0.15, 0.2) is 18.2 Å². The summed E-state index contributed by atoms with van der Waals surface area (Å²) in [6.07, 6.45) is 0.0495. The van der Waals surface area contributed by atoms with Gasteiger partial charge in [0.2, 0.25) is 0 Å². The number of hydrogen-bond donors (Lipinski definition) is 0. The molecule has 1 unspecified atom stereocenters. The third kappa shape index (κ3) is 3.98. The summed E-state index contributed by atoms with van der Waals surface area (Å²) in [4.78, 5) is 13.5. The molecule has 8 heteroatoms. The Bertz CT molecular complexity index is 695. The smallest absolute Gasteiger partial charge is 0.441 e. The van der Waals surface area contributed by atoms with Gasteiger partial charge in [0.1, 0.15) is 11.9 Å². The van der Waals surface area contributed by atoms with Crippen LogP contribution in [-0.4, -0.2) is 50.3 Å². The first-order valence-corrected chi connectivity index (χ1v) is 9.35.